The van der Waals surface area contributed by atoms with E-state index in [1.54, 1.807) is 18.9 Å². The highest BCUT2D eigenvalue weighted by Crippen LogP contribution is 2.29. The van der Waals surface area contributed by atoms with Gasteiger partial charge >= 0.3 is 12.0 Å². The molecular formula is C16H22N2O4. The van der Waals surface area contributed by atoms with Crippen molar-refractivity contribution in [2.24, 2.45) is 5.41 Å². The Balaban J connectivity index is 1.77. The van der Waals surface area contributed by atoms with Gasteiger partial charge in [0, 0.05) is 19.6 Å². The van der Waals surface area contributed by atoms with Gasteiger partial charge in [0.05, 0.1) is 12.5 Å². The van der Waals surface area contributed by atoms with Crippen molar-refractivity contribution in [3.63, 3.8) is 0 Å². The number of benzene rings is 1. The van der Waals surface area contributed by atoms with Crippen LogP contribution in [0.1, 0.15) is 18.9 Å². The summed E-state index contributed by atoms with van der Waals surface area (Å²) in [6.45, 7) is 2.94. The monoisotopic (exact) mass is 306 g/mol. The zero-order chi connectivity index (χ0) is 16.2. The van der Waals surface area contributed by atoms with E-state index in [2.05, 4.69) is 5.32 Å². The van der Waals surface area contributed by atoms with Crippen molar-refractivity contribution in [1.82, 2.24) is 10.2 Å². The smallest absolute Gasteiger partial charge is 0.317 e. The largest absolute Gasteiger partial charge is 0.497 e. The minimum atomic E-state index is -0.846. The van der Waals surface area contributed by atoms with Gasteiger partial charge in [0.25, 0.3) is 0 Å². The second-order valence-electron chi connectivity index (χ2n) is 5.87. The Morgan fingerprint density at radius 2 is 2.05 bits per heavy atom. The van der Waals surface area contributed by atoms with Crippen molar-refractivity contribution in [3.8, 4) is 5.75 Å². The van der Waals surface area contributed by atoms with E-state index in [0.29, 0.717) is 19.5 Å². The lowest BCUT2D eigenvalue weighted by atomic mass is 9.90. The van der Waals surface area contributed by atoms with E-state index in [1.165, 1.54) is 0 Å². The van der Waals surface area contributed by atoms with Crippen LogP contribution in [0.3, 0.4) is 0 Å². The highest BCUT2D eigenvalue weighted by Gasteiger charge is 2.42. The lowest BCUT2D eigenvalue weighted by molar-refractivity contribution is -0.146. The number of nitrogens with zero attached hydrogens (tertiary/aromatic N) is 1. The Morgan fingerprint density at radius 3 is 2.59 bits per heavy atom. The van der Waals surface area contributed by atoms with Gasteiger partial charge in [-0.05, 0) is 37.5 Å². The minimum absolute atomic E-state index is 0.196. The highest BCUT2D eigenvalue weighted by molar-refractivity contribution is 5.79. The first kappa shape index (κ1) is 16.1. The Morgan fingerprint density at radius 1 is 1.36 bits per heavy atom. The van der Waals surface area contributed by atoms with E-state index < -0.39 is 11.4 Å². The Kier molecular flexibility index (Phi) is 4.90. The third-order valence-corrected chi connectivity index (χ3v) is 4.13. The van der Waals surface area contributed by atoms with Crippen LogP contribution in [-0.4, -0.2) is 48.8 Å². The fourth-order valence-corrected chi connectivity index (χ4v) is 2.53. The van der Waals surface area contributed by atoms with Crippen molar-refractivity contribution in [2.75, 3.05) is 26.7 Å². The molecule has 22 heavy (non-hydrogen) atoms. The number of amides is 2. The summed E-state index contributed by atoms with van der Waals surface area (Å²) in [4.78, 5) is 24.8. The van der Waals surface area contributed by atoms with Crippen LogP contribution >= 0.6 is 0 Å². The van der Waals surface area contributed by atoms with Gasteiger partial charge in [-0.2, -0.15) is 0 Å². The summed E-state index contributed by atoms with van der Waals surface area (Å²) in [5.41, 5.74) is 0.283. The van der Waals surface area contributed by atoms with Crippen LogP contribution in [0.25, 0.3) is 0 Å². The number of carbonyl (C=O) groups excluding carboxylic acids is 1. The topological polar surface area (TPSA) is 78.9 Å². The zero-order valence-corrected chi connectivity index (χ0v) is 13.0. The number of carboxylic acid groups (broad SMARTS) is 1. The third kappa shape index (κ3) is 3.69. The van der Waals surface area contributed by atoms with Gasteiger partial charge < -0.3 is 20.1 Å². The molecular weight excluding hydrogens is 284 g/mol. The van der Waals surface area contributed by atoms with Crippen LogP contribution < -0.4 is 10.1 Å². The number of ether oxygens (including phenoxy) is 1. The van der Waals surface area contributed by atoms with Crippen LogP contribution in [0.15, 0.2) is 24.3 Å². The van der Waals surface area contributed by atoms with Crippen LogP contribution in [-0.2, 0) is 11.2 Å². The molecule has 1 unspecified atom stereocenters. The van der Waals surface area contributed by atoms with Crippen molar-refractivity contribution in [1.29, 1.82) is 0 Å². The summed E-state index contributed by atoms with van der Waals surface area (Å²) in [6, 6.07) is 7.50. The van der Waals surface area contributed by atoms with E-state index in [4.69, 9.17) is 4.74 Å². The molecule has 1 fully saturated rings. The second kappa shape index (κ2) is 6.68. The molecule has 1 aliphatic heterocycles. The molecule has 0 bridgehead atoms. The van der Waals surface area contributed by atoms with Crippen molar-refractivity contribution in [2.45, 2.75) is 19.8 Å². The fraction of sp³-hybridized carbons (Fsp3) is 0.500. The first-order chi connectivity index (χ1) is 10.4. The number of methoxy groups -OCH3 is 1. The van der Waals surface area contributed by atoms with Crippen LogP contribution in [0.2, 0.25) is 0 Å². The summed E-state index contributed by atoms with van der Waals surface area (Å²) >= 11 is 0. The molecule has 1 atom stereocenters. The fourth-order valence-electron chi connectivity index (χ4n) is 2.53. The number of nitrogens with one attached hydrogen (secondary N) is 1. The van der Waals surface area contributed by atoms with Crippen LogP contribution in [0, 0.1) is 5.41 Å². The molecule has 0 spiro atoms. The van der Waals surface area contributed by atoms with Gasteiger partial charge in [0.2, 0.25) is 0 Å². The Bertz CT molecular complexity index is 544. The number of aliphatic carboxylic acids is 1. The molecule has 6 nitrogen and oxygen atoms in total. The lowest BCUT2D eigenvalue weighted by Gasteiger charge is -2.20. The second-order valence-corrected chi connectivity index (χ2v) is 5.87. The molecule has 1 heterocycles. The number of carbonyl (C=O) groups is 2. The molecule has 0 saturated carbocycles. The van der Waals surface area contributed by atoms with Crippen molar-refractivity contribution >= 4 is 12.0 Å². The SMILES string of the molecule is COc1ccc(CCNC(=O)N2CCC(C)(C(=O)O)C2)cc1. The molecule has 2 amide bonds. The van der Waals surface area contributed by atoms with E-state index in [1.807, 2.05) is 24.3 Å². The van der Waals surface area contributed by atoms with Gasteiger partial charge in [-0.15, -0.1) is 0 Å². The molecule has 0 aliphatic carbocycles. The van der Waals surface area contributed by atoms with E-state index in [-0.39, 0.29) is 12.6 Å². The lowest BCUT2D eigenvalue weighted by Crippen LogP contribution is -2.41. The first-order valence-corrected chi connectivity index (χ1v) is 7.34. The van der Waals surface area contributed by atoms with E-state index in [9.17, 15) is 14.7 Å². The Hall–Kier alpha value is -2.24. The zero-order valence-electron chi connectivity index (χ0n) is 13.0. The van der Waals surface area contributed by atoms with Gasteiger partial charge in [0.15, 0.2) is 0 Å². The molecule has 2 rings (SSSR count). The van der Waals surface area contributed by atoms with Crippen molar-refractivity contribution in [3.05, 3.63) is 29.8 Å². The number of hydrogen-bond donors (Lipinski definition) is 2. The first-order valence-electron chi connectivity index (χ1n) is 7.34. The van der Waals surface area contributed by atoms with E-state index in [0.717, 1.165) is 17.7 Å². The molecule has 1 aromatic carbocycles. The van der Waals surface area contributed by atoms with Gasteiger partial charge in [-0.1, -0.05) is 12.1 Å². The number of urea groups is 1. The maximum atomic E-state index is 12.0. The summed E-state index contributed by atoms with van der Waals surface area (Å²) in [7, 11) is 1.62. The average molecular weight is 306 g/mol. The normalized spacial score (nSPS) is 20.7. The summed E-state index contributed by atoms with van der Waals surface area (Å²) in [5.74, 6) is -0.0427. The van der Waals surface area contributed by atoms with Crippen molar-refractivity contribution < 1.29 is 19.4 Å². The number of likely N-dealkylation sites (tertiary alicyclic amines) is 1. The summed E-state index contributed by atoms with van der Waals surface area (Å²) < 4.78 is 5.09. The molecule has 2 N–H and O–H groups in total. The van der Waals surface area contributed by atoms with Crippen LogP contribution in [0.4, 0.5) is 4.79 Å². The molecule has 0 radical (unpaired) electrons. The summed E-state index contributed by atoms with van der Waals surface area (Å²) in [5, 5.41) is 12.0. The van der Waals surface area contributed by atoms with Gasteiger partial charge in [0.1, 0.15) is 5.75 Å². The molecule has 120 valence electrons. The maximum absolute atomic E-state index is 12.0. The average Bonchev–Trinajstić information content (AvgIpc) is 2.92. The predicted octanol–water partition coefficient (Wildman–Crippen LogP) is 1.74. The molecule has 0 aromatic heterocycles. The molecule has 1 saturated heterocycles. The molecule has 1 aliphatic rings. The van der Waals surface area contributed by atoms with Gasteiger partial charge in [-0.25, -0.2) is 4.79 Å². The number of carboxylic acids is 1. The quantitative estimate of drug-likeness (QED) is 0.868. The van der Waals surface area contributed by atoms with Gasteiger partial charge in [-0.3, -0.25) is 4.79 Å². The minimum Gasteiger partial charge on any atom is -0.497 e. The number of hydrogen-bond acceptors (Lipinski definition) is 3. The predicted molar refractivity (Wildman–Crippen MR) is 82.0 cm³/mol. The molecule has 6 heteroatoms. The summed E-state index contributed by atoms with van der Waals surface area (Å²) in [6.07, 6.45) is 1.22. The van der Waals surface area contributed by atoms with E-state index >= 15 is 0 Å². The number of rotatable bonds is 5. The molecule has 1 aromatic rings. The third-order valence-electron chi connectivity index (χ3n) is 4.13. The van der Waals surface area contributed by atoms with Crippen LogP contribution in [0.5, 0.6) is 5.75 Å². The Labute approximate surface area is 130 Å². The highest BCUT2D eigenvalue weighted by atomic mass is 16.5. The maximum Gasteiger partial charge on any atom is 0.317 e. The standard InChI is InChI=1S/C16H22N2O4/c1-16(14(19)20)8-10-18(11-16)15(21)17-9-7-12-3-5-13(22-2)6-4-12/h3-6H,7-11H2,1-2H3,(H,17,21)(H,19,20).